The lowest BCUT2D eigenvalue weighted by Crippen LogP contribution is -2.51. The van der Waals surface area contributed by atoms with Crippen molar-refractivity contribution < 1.29 is 9.59 Å². The number of benzene rings is 1. The van der Waals surface area contributed by atoms with Crippen molar-refractivity contribution in [2.24, 2.45) is 0 Å². The van der Waals surface area contributed by atoms with Gasteiger partial charge in [0, 0.05) is 62.3 Å². The second-order valence-corrected chi connectivity index (χ2v) is 7.93. The van der Waals surface area contributed by atoms with Gasteiger partial charge < -0.3 is 14.8 Å². The average Bonchev–Trinajstić information content (AvgIpc) is 3.47. The van der Waals surface area contributed by atoms with Crippen LogP contribution in [-0.2, 0) is 11.3 Å². The number of carbonyl (C=O) groups is 2. The molecule has 1 saturated heterocycles. The summed E-state index contributed by atoms with van der Waals surface area (Å²) in [5, 5.41) is 12.8. The van der Waals surface area contributed by atoms with Crippen LogP contribution >= 0.6 is 0 Å². The van der Waals surface area contributed by atoms with Crippen molar-refractivity contribution in [3.8, 4) is 6.07 Å². The van der Waals surface area contributed by atoms with Gasteiger partial charge in [-0.3, -0.25) is 14.5 Å². The largest absolute Gasteiger partial charge is 0.352 e. The second-order valence-electron chi connectivity index (χ2n) is 7.93. The molecule has 7 heteroatoms. The zero-order valence-corrected chi connectivity index (χ0v) is 16.6. The normalized spacial score (nSPS) is 17.3. The predicted molar refractivity (Wildman–Crippen MR) is 110 cm³/mol. The van der Waals surface area contributed by atoms with Crippen molar-refractivity contribution in [1.29, 1.82) is 5.26 Å². The Morgan fingerprint density at radius 2 is 1.90 bits per heavy atom. The number of nitrogens with one attached hydrogen (secondary N) is 1. The van der Waals surface area contributed by atoms with Gasteiger partial charge in [-0.25, -0.2) is 0 Å². The minimum Gasteiger partial charge on any atom is -0.352 e. The number of rotatable bonds is 7. The number of hydrogen-bond acceptors (Lipinski definition) is 4. The Kier molecular flexibility index (Phi) is 5.81. The van der Waals surface area contributed by atoms with E-state index < -0.39 is 0 Å². The molecular weight excluding hydrogens is 366 g/mol. The summed E-state index contributed by atoms with van der Waals surface area (Å²) in [7, 11) is 0. The van der Waals surface area contributed by atoms with E-state index in [2.05, 4.69) is 20.9 Å². The first kappa shape index (κ1) is 19.5. The molecule has 1 aliphatic carbocycles. The molecule has 29 heavy (non-hydrogen) atoms. The fourth-order valence-corrected chi connectivity index (χ4v) is 3.91. The van der Waals surface area contributed by atoms with E-state index in [-0.39, 0.29) is 11.8 Å². The summed E-state index contributed by atoms with van der Waals surface area (Å²) in [6.45, 7) is 3.82. The summed E-state index contributed by atoms with van der Waals surface area (Å²) >= 11 is 0. The number of nitrogens with zero attached hydrogens (tertiary/aromatic N) is 4. The molecule has 2 aromatic rings. The lowest BCUT2D eigenvalue weighted by atomic mass is 10.1. The zero-order valence-electron chi connectivity index (χ0n) is 16.6. The van der Waals surface area contributed by atoms with Crippen LogP contribution in [-0.4, -0.2) is 64.9 Å². The van der Waals surface area contributed by atoms with Crippen LogP contribution in [0.2, 0.25) is 0 Å². The first-order valence-electron chi connectivity index (χ1n) is 10.4. The molecule has 152 valence electrons. The van der Waals surface area contributed by atoms with Gasteiger partial charge >= 0.3 is 0 Å². The summed E-state index contributed by atoms with van der Waals surface area (Å²) < 4.78 is 2.08. The van der Waals surface area contributed by atoms with Crippen LogP contribution < -0.4 is 5.32 Å². The van der Waals surface area contributed by atoms with Gasteiger partial charge in [0.05, 0.1) is 18.2 Å². The van der Waals surface area contributed by atoms with Crippen molar-refractivity contribution in [3.05, 3.63) is 36.0 Å². The topological polar surface area (TPSA) is 81.4 Å². The number of hydrogen-bond donors (Lipinski definition) is 1. The van der Waals surface area contributed by atoms with E-state index in [0.29, 0.717) is 45.2 Å². The molecule has 1 N–H and O–H groups in total. The van der Waals surface area contributed by atoms with Crippen molar-refractivity contribution in [1.82, 2.24) is 19.7 Å². The molecule has 1 aromatic carbocycles. The highest BCUT2D eigenvalue weighted by atomic mass is 16.2. The molecule has 0 spiro atoms. The molecular formula is C22H27N5O2. The van der Waals surface area contributed by atoms with Gasteiger partial charge in [-0.2, -0.15) is 5.26 Å². The third-order valence-corrected chi connectivity index (χ3v) is 5.68. The van der Waals surface area contributed by atoms with E-state index in [1.165, 1.54) is 0 Å². The highest BCUT2D eigenvalue weighted by Gasteiger charge is 2.27. The Bertz CT molecular complexity index is 932. The van der Waals surface area contributed by atoms with Crippen molar-refractivity contribution in [3.63, 3.8) is 0 Å². The maximum atomic E-state index is 13.2. The SMILES string of the molecule is N#CCCCn1cc(C(=O)N2CCN(CC(=O)NC3CC3)CC2)c2ccccc21. The lowest BCUT2D eigenvalue weighted by Gasteiger charge is -2.34. The van der Waals surface area contributed by atoms with Crippen LogP contribution in [0.4, 0.5) is 0 Å². The zero-order chi connectivity index (χ0) is 20.2. The van der Waals surface area contributed by atoms with Gasteiger partial charge in [0.15, 0.2) is 0 Å². The Morgan fingerprint density at radius 3 is 2.62 bits per heavy atom. The molecule has 1 aromatic heterocycles. The van der Waals surface area contributed by atoms with E-state index >= 15 is 0 Å². The number of aryl methyl sites for hydroxylation is 1. The highest BCUT2D eigenvalue weighted by Crippen LogP contribution is 2.24. The number of unbranched alkanes of at least 4 members (excludes halogenated alkanes) is 1. The minimum absolute atomic E-state index is 0.0438. The Morgan fingerprint density at radius 1 is 1.14 bits per heavy atom. The standard InChI is InChI=1S/C22H27N5O2/c23-9-3-4-10-27-15-19(18-5-1-2-6-20(18)27)22(29)26-13-11-25(12-14-26)16-21(28)24-17-7-8-17/h1-2,5-6,15,17H,3-4,7-8,10-14,16H2,(H,24,28). The number of amides is 2. The smallest absolute Gasteiger partial charge is 0.256 e. The maximum Gasteiger partial charge on any atom is 0.256 e. The summed E-state index contributed by atoms with van der Waals surface area (Å²) in [5.74, 6) is 0.134. The van der Waals surface area contributed by atoms with Crippen molar-refractivity contribution >= 4 is 22.7 Å². The van der Waals surface area contributed by atoms with Crippen LogP contribution in [0.15, 0.2) is 30.5 Å². The predicted octanol–water partition coefficient (Wildman–Crippen LogP) is 1.98. The number of nitriles is 1. The first-order valence-corrected chi connectivity index (χ1v) is 10.4. The van der Waals surface area contributed by atoms with E-state index in [4.69, 9.17) is 5.26 Å². The van der Waals surface area contributed by atoms with E-state index in [0.717, 1.165) is 42.3 Å². The van der Waals surface area contributed by atoms with Gasteiger partial charge in [0.1, 0.15) is 0 Å². The summed E-state index contributed by atoms with van der Waals surface area (Å²) in [6.07, 6.45) is 5.40. The first-order chi connectivity index (χ1) is 14.2. The number of piperazine rings is 1. The summed E-state index contributed by atoms with van der Waals surface area (Å²) in [5.41, 5.74) is 1.75. The summed E-state index contributed by atoms with van der Waals surface area (Å²) in [6, 6.07) is 10.5. The lowest BCUT2D eigenvalue weighted by molar-refractivity contribution is -0.122. The molecule has 0 radical (unpaired) electrons. The molecule has 2 heterocycles. The molecule has 4 rings (SSSR count). The minimum atomic E-state index is 0.0438. The van der Waals surface area contributed by atoms with Crippen LogP contribution in [0, 0.1) is 11.3 Å². The highest BCUT2D eigenvalue weighted by molar-refractivity contribution is 6.07. The van der Waals surface area contributed by atoms with Crippen molar-refractivity contribution in [2.45, 2.75) is 38.3 Å². The molecule has 7 nitrogen and oxygen atoms in total. The number of aromatic nitrogens is 1. The van der Waals surface area contributed by atoms with E-state index in [9.17, 15) is 9.59 Å². The molecule has 0 bridgehead atoms. The second kappa shape index (κ2) is 8.66. The number of fused-ring (bicyclic) bond motifs is 1. The van der Waals surface area contributed by atoms with Crippen molar-refractivity contribution in [2.75, 3.05) is 32.7 Å². The van der Waals surface area contributed by atoms with Gasteiger partial charge in [-0.1, -0.05) is 18.2 Å². The van der Waals surface area contributed by atoms with Gasteiger partial charge in [0.25, 0.3) is 5.91 Å². The van der Waals surface area contributed by atoms with Gasteiger partial charge in [-0.05, 0) is 25.3 Å². The van der Waals surface area contributed by atoms with Gasteiger partial charge in [0.2, 0.25) is 5.91 Å². The maximum absolute atomic E-state index is 13.2. The summed E-state index contributed by atoms with van der Waals surface area (Å²) in [4.78, 5) is 29.2. The molecule has 0 unspecified atom stereocenters. The number of para-hydroxylation sites is 1. The molecule has 2 amide bonds. The monoisotopic (exact) mass is 393 g/mol. The Labute approximate surface area is 170 Å². The van der Waals surface area contributed by atoms with E-state index in [1.807, 2.05) is 35.4 Å². The number of carbonyl (C=O) groups excluding carboxylic acids is 2. The van der Waals surface area contributed by atoms with Crippen LogP contribution in [0.1, 0.15) is 36.0 Å². The Hall–Kier alpha value is -2.85. The van der Waals surface area contributed by atoms with Crippen LogP contribution in [0.25, 0.3) is 10.9 Å². The quantitative estimate of drug-likeness (QED) is 0.730. The molecule has 2 aliphatic rings. The van der Waals surface area contributed by atoms with Gasteiger partial charge in [-0.15, -0.1) is 0 Å². The van der Waals surface area contributed by atoms with E-state index in [1.54, 1.807) is 0 Å². The molecule has 1 saturated carbocycles. The fourth-order valence-electron chi connectivity index (χ4n) is 3.91. The van der Waals surface area contributed by atoms with Crippen LogP contribution in [0.5, 0.6) is 0 Å². The fraction of sp³-hybridized carbons (Fsp3) is 0.500. The third-order valence-electron chi connectivity index (χ3n) is 5.68. The molecule has 1 aliphatic heterocycles. The van der Waals surface area contributed by atoms with Crippen LogP contribution in [0.3, 0.4) is 0 Å². The molecule has 0 atom stereocenters. The molecule has 2 fully saturated rings. The third kappa shape index (κ3) is 4.60. The average molecular weight is 393 g/mol. The Balaban J connectivity index is 1.40.